The van der Waals surface area contributed by atoms with Crippen LogP contribution in [0.4, 0.5) is 5.69 Å². The van der Waals surface area contributed by atoms with E-state index in [1.807, 2.05) is 56.3 Å². The Bertz CT molecular complexity index is 1030. The summed E-state index contributed by atoms with van der Waals surface area (Å²) >= 11 is 1.67. The molecule has 3 aromatic rings. The van der Waals surface area contributed by atoms with Crippen LogP contribution < -0.4 is 14.4 Å². The van der Waals surface area contributed by atoms with Gasteiger partial charge in [-0.3, -0.25) is 4.79 Å². The molecule has 28 heavy (non-hydrogen) atoms. The number of ether oxygens (including phenoxy) is 2. The SMILES string of the molecule is Cc1cccc(OCCN2C(=O)COc3ccc(-c4nc(C)sc4C)cc32)c1. The van der Waals surface area contributed by atoms with Crippen LogP contribution in [0.15, 0.2) is 42.5 Å². The van der Waals surface area contributed by atoms with Gasteiger partial charge in [0.05, 0.1) is 22.9 Å². The van der Waals surface area contributed by atoms with Crippen molar-refractivity contribution in [3.05, 3.63) is 57.9 Å². The number of aromatic nitrogens is 1. The largest absolute Gasteiger partial charge is 0.492 e. The summed E-state index contributed by atoms with van der Waals surface area (Å²) in [6.45, 7) is 7.01. The molecule has 0 saturated heterocycles. The van der Waals surface area contributed by atoms with E-state index in [2.05, 4.69) is 11.9 Å². The maximum atomic E-state index is 12.5. The fourth-order valence-corrected chi connectivity index (χ4v) is 4.19. The Hall–Kier alpha value is -2.86. The van der Waals surface area contributed by atoms with Crippen LogP contribution >= 0.6 is 11.3 Å². The van der Waals surface area contributed by atoms with Crippen LogP contribution in [0, 0.1) is 20.8 Å². The number of amides is 1. The van der Waals surface area contributed by atoms with E-state index < -0.39 is 0 Å². The molecule has 2 heterocycles. The summed E-state index contributed by atoms with van der Waals surface area (Å²) in [7, 11) is 0. The molecule has 5 nitrogen and oxygen atoms in total. The first-order valence-electron chi connectivity index (χ1n) is 9.22. The van der Waals surface area contributed by atoms with Gasteiger partial charge in [0, 0.05) is 10.4 Å². The van der Waals surface area contributed by atoms with Gasteiger partial charge in [-0.15, -0.1) is 11.3 Å². The Balaban J connectivity index is 1.56. The van der Waals surface area contributed by atoms with E-state index in [1.54, 1.807) is 16.2 Å². The van der Waals surface area contributed by atoms with Gasteiger partial charge in [-0.2, -0.15) is 0 Å². The molecule has 1 aromatic heterocycles. The van der Waals surface area contributed by atoms with Gasteiger partial charge in [-0.05, 0) is 56.7 Å². The quantitative estimate of drug-likeness (QED) is 0.638. The van der Waals surface area contributed by atoms with E-state index in [1.165, 1.54) is 0 Å². The first-order chi connectivity index (χ1) is 13.5. The van der Waals surface area contributed by atoms with E-state index in [-0.39, 0.29) is 12.5 Å². The third kappa shape index (κ3) is 3.73. The van der Waals surface area contributed by atoms with Crippen molar-refractivity contribution in [2.75, 3.05) is 24.7 Å². The zero-order valence-corrected chi connectivity index (χ0v) is 17.0. The molecule has 1 amide bonds. The summed E-state index contributed by atoms with van der Waals surface area (Å²) in [6.07, 6.45) is 0. The minimum atomic E-state index is -0.0660. The molecule has 0 spiro atoms. The summed E-state index contributed by atoms with van der Waals surface area (Å²) in [4.78, 5) is 20.0. The summed E-state index contributed by atoms with van der Waals surface area (Å²) < 4.78 is 11.5. The van der Waals surface area contributed by atoms with Crippen molar-refractivity contribution in [2.24, 2.45) is 0 Å². The standard InChI is InChI=1S/C22H22N2O3S/c1-14-5-4-6-18(11-14)26-10-9-24-19-12-17(22-15(2)28-16(3)23-22)7-8-20(19)27-13-21(24)25/h4-8,11-12H,9-10,13H2,1-3H3. The van der Waals surface area contributed by atoms with Crippen molar-refractivity contribution in [1.29, 1.82) is 0 Å². The maximum Gasteiger partial charge on any atom is 0.265 e. The molecule has 0 fully saturated rings. The van der Waals surface area contributed by atoms with Crippen molar-refractivity contribution in [1.82, 2.24) is 4.98 Å². The second kappa shape index (κ2) is 7.64. The second-order valence-corrected chi connectivity index (χ2v) is 8.23. The highest BCUT2D eigenvalue weighted by Crippen LogP contribution is 2.37. The van der Waals surface area contributed by atoms with Gasteiger partial charge < -0.3 is 14.4 Å². The topological polar surface area (TPSA) is 51.7 Å². The van der Waals surface area contributed by atoms with Gasteiger partial charge in [0.25, 0.3) is 5.91 Å². The number of thiazole rings is 1. The highest BCUT2D eigenvalue weighted by Gasteiger charge is 2.26. The van der Waals surface area contributed by atoms with Crippen molar-refractivity contribution in [3.63, 3.8) is 0 Å². The lowest BCUT2D eigenvalue weighted by Gasteiger charge is -2.29. The van der Waals surface area contributed by atoms with Gasteiger partial charge in [-0.1, -0.05) is 12.1 Å². The summed E-state index contributed by atoms with van der Waals surface area (Å²) in [5, 5.41) is 1.03. The number of hydrogen-bond donors (Lipinski definition) is 0. The van der Waals surface area contributed by atoms with Crippen LogP contribution in [-0.2, 0) is 4.79 Å². The van der Waals surface area contributed by atoms with Crippen LogP contribution in [0.5, 0.6) is 11.5 Å². The smallest absolute Gasteiger partial charge is 0.265 e. The number of benzene rings is 2. The van der Waals surface area contributed by atoms with E-state index in [9.17, 15) is 4.79 Å². The maximum absolute atomic E-state index is 12.5. The van der Waals surface area contributed by atoms with Crippen LogP contribution in [-0.4, -0.2) is 30.6 Å². The summed E-state index contributed by atoms with van der Waals surface area (Å²) in [5.74, 6) is 1.45. The summed E-state index contributed by atoms with van der Waals surface area (Å²) in [5.41, 5.74) is 3.86. The molecule has 4 rings (SSSR count). The molecule has 0 atom stereocenters. The lowest BCUT2D eigenvalue weighted by molar-refractivity contribution is -0.121. The number of aryl methyl sites for hydroxylation is 3. The van der Waals surface area contributed by atoms with Gasteiger partial charge in [-0.25, -0.2) is 4.98 Å². The lowest BCUT2D eigenvalue weighted by Crippen LogP contribution is -2.41. The van der Waals surface area contributed by atoms with E-state index in [0.29, 0.717) is 18.9 Å². The van der Waals surface area contributed by atoms with Crippen molar-refractivity contribution in [2.45, 2.75) is 20.8 Å². The minimum Gasteiger partial charge on any atom is -0.492 e. The Morgan fingerprint density at radius 1 is 1.18 bits per heavy atom. The Morgan fingerprint density at radius 2 is 2.04 bits per heavy atom. The number of rotatable bonds is 5. The minimum absolute atomic E-state index is 0.0473. The van der Waals surface area contributed by atoms with Gasteiger partial charge in [0.2, 0.25) is 0 Å². The lowest BCUT2D eigenvalue weighted by atomic mass is 10.1. The fraction of sp³-hybridized carbons (Fsp3) is 0.273. The number of nitrogens with zero attached hydrogens (tertiary/aromatic N) is 2. The number of carbonyl (C=O) groups excluding carboxylic acids is 1. The number of hydrogen-bond acceptors (Lipinski definition) is 5. The average Bonchev–Trinajstić information content (AvgIpc) is 3.01. The van der Waals surface area contributed by atoms with Crippen molar-refractivity contribution in [3.8, 4) is 22.8 Å². The van der Waals surface area contributed by atoms with Gasteiger partial charge in [0.15, 0.2) is 6.61 Å². The predicted octanol–water partition coefficient (Wildman–Crippen LogP) is 4.54. The third-order valence-corrected chi connectivity index (χ3v) is 5.54. The molecule has 6 heteroatoms. The van der Waals surface area contributed by atoms with E-state index in [0.717, 1.165) is 38.1 Å². The summed E-state index contributed by atoms with van der Waals surface area (Å²) in [6, 6.07) is 13.8. The molecular weight excluding hydrogens is 372 g/mol. The first-order valence-corrected chi connectivity index (χ1v) is 10.0. The second-order valence-electron chi connectivity index (χ2n) is 6.82. The number of fused-ring (bicyclic) bond motifs is 1. The van der Waals surface area contributed by atoms with Crippen LogP contribution in [0.1, 0.15) is 15.4 Å². The molecule has 1 aliphatic heterocycles. The highest BCUT2D eigenvalue weighted by molar-refractivity contribution is 7.11. The third-order valence-electron chi connectivity index (χ3n) is 4.65. The zero-order valence-electron chi connectivity index (χ0n) is 16.2. The molecule has 0 aliphatic carbocycles. The molecule has 0 saturated carbocycles. The van der Waals surface area contributed by atoms with E-state index in [4.69, 9.17) is 9.47 Å². The van der Waals surface area contributed by atoms with Gasteiger partial charge >= 0.3 is 0 Å². The Kier molecular flexibility index (Phi) is 5.05. The average molecular weight is 394 g/mol. The molecule has 0 N–H and O–H groups in total. The van der Waals surface area contributed by atoms with Crippen molar-refractivity contribution < 1.29 is 14.3 Å². The monoisotopic (exact) mass is 394 g/mol. The molecule has 0 radical (unpaired) electrons. The molecule has 0 bridgehead atoms. The normalized spacial score (nSPS) is 13.2. The predicted molar refractivity (Wildman–Crippen MR) is 112 cm³/mol. The highest BCUT2D eigenvalue weighted by atomic mass is 32.1. The van der Waals surface area contributed by atoms with Crippen LogP contribution in [0.2, 0.25) is 0 Å². The first kappa shape index (κ1) is 18.5. The molecule has 1 aliphatic rings. The molecule has 2 aromatic carbocycles. The molecule has 0 unspecified atom stereocenters. The van der Waals surface area contributed by atoms with E-state index >= 15 is 0 Å². The number of carbonyl (C=O) groups is 1. The Morgan fingerprint density at radius 3 is 2.79 bits per heavy atom. The molecular formula is C22H22N2O3S. The van der Waals surface area contributed by atoms with Crippen LogP contribution in [0.3, 0.4) is 0 Å². The van der Waals surface area contributed by atoms with Crippen LogP contribution in [0.25, 0.3) is 11.3 Å². The fourth-order valence-electron chi connectivity index (χ4n) is 3.35. The van der Waals surface area contributed by atoms with Crippen molar-refractivity contribution >= 4 is 22.9 Å². The Labute approximate surface area is 168 Å². The van der Waals surface area contributed by atoms with Gasteiger partial charge in [0.1, 0.15) is 18.1 Å². The zero-order chi connectivity index (χ0) is 19.7. The number of anilines is 1. The molecule has 144 valence electrons.